The molecule has 0 spiro atoms. The predicted octanol–water partition coefficient (Wildman–Crippen LogP) is 3.31. The lowest BCUT2D eigenvalue weighted by molar-refractivity contribution is 0.0694. The van der Waals surface area contributed by atoms with E-state index >= 15 is 0 Å². The van der Waals surface area contributed by atoms with E-state index in [-0.39, 0.29) is 22.8 Å². The molecule has 0 aliphatic heterocycles. The zero-order valence-electron chi connectivity index (χ0n) is 13.7. The molecule has 0 aliphatic carbocycles. The quantitative estimate of drug-likeness (QED) is 0.455. The summed E-state index contributed by atoms with van der Waals surface area (Å²) in [5.41, 5.74) is 5.99. The molecule has 0 amide bonds. The highest BCUT2D eigenvalue weighted by Crippen LogP contribution is 2.31. The fraction of sp³-hybridized carbons (Fsp3) is 0. The monoisotopic (exact) mass is 383 g/mol. The van der Waals surface area contributed by atoms with E-state index in [9.17, 15) is 18.3 Å². The molecule has 8 nitrogen and oxygen atoms in total. The standard InChI is InChI=1S/C18H13N3O5S/c19-17(20)12-2-1-11-8-14(5-3-10(11)7-12)26-16-9-13(21-27(24)25)4-6-15(16)18(22)23/h1-9H,(H3,19,20)(H,22,23). The number of carboxylic acid groups (broad SMARTS) is 1. The number of aromatic carboxylic acids is 1. The molecule has 27 heavy (non-hydrogen) atoms. The van der Waals surface area contributed by atoms with Crippen molar-refractivity contribution in [1.29, 1.82) is 5.41 Å². The third kappa shape index (κ3) is 4.10. The molecular weight excluding hydrogens is 370 g/mol. The Hall–Kier alpha value is -3.72. The summed E-state index contributed by atoms with van der Waals surface area (Å²) in [5.74, 6) is -0.929. The van der Waals surface area contributed by atoms with E-state index in [0.717, 1.165) is 10.8 Å². The van der Waals surface area contributed by atoms with Crippen molar-refractivity contribution in [1.82, 2.24) is 0 Å². The SMILES string of the molecule is N=C(N)c1ccc2cc(Oc3cc(N=S(=O)=O)ccc3C(=O)O)ccc2c1. The first-order chi connectivity index (χ1) is 12.8. The van der Waals surface area contributed by atoms with Gasteiger partial charge in [-0.1, -0.05) is 18.2 Å². The van der Waals surface area contributed by atoms with E-state index in [2.05, 4.69) is 4.36 Å². The van der Waals surface area contributed by atoms with Gasteiger partial charge in [0, 0.05) is 11.6 Å². The molecule has 0 atom stereocenters. The van der Waals surface area contributed by atoms with Gasteiger partial charge in [0.2, 0.25) is 0 Å². The first-order valence-corrected chi connectivity index (χ1v) is 8.61. The molecule has 3 aromatic rings. The van der Waals surface area contributed by atoms with Crippen molar-refractivity contribution in [3.63, 3.8) is 0 Å². The minimum absolute atomic E-state index is 0.0334. The lowest BCUT2D eigenvalue weighted by atomic mass is 10.1. The van der Waals surface area contributed by atoms with Crippen LogP contribution < -0.4 is 10.5 Å². The van der Waals surface area contributed by atoms with Gasteiger partial charge in [-0.15, -0.1) is 4.36 Å². The number of hydrogen-bond acceptors (Lipinski definition) is 6. The van der Waals surface area contributed by atoms with Gasteiger partial charge in [-0.3, -0.25) is 5.41 Å². The second-order valence-electron chi connectivity index (χ2n) is 5.53. The lowest BCUT2D eigenvalue weighted by Crippen LogP contribution is -2.10. The zero-order valence-corrected chi connectivity index (χ0v) is 14.5. The van der Waals surface area contributed by atoms with Gasteiger partial charge in [-0.25, -0.2) is 4.79 Å². The van der Waals surface area contributed by atoms with Gasteiger partial charge in [0.1, 0.15) is 22.9 Å². The molecule has 0 bridgehead atoms. The minimum Gasteiger partial charge on any atom is -0.478 e. The number of nitrogens with zero attached hydrogens (tertiary/aromatic N) is 1. The van der Waals surface area contributed by atoms with Crippen LogP contribution in [0.3, 0.4) is 0 Å². The highest BCUT2D eigenvalue weighted by atomic mass is 32.2. The topological polar surface area (TPSA) is 143 Å². The number of amidine groups is 1. The van der Waals surface area contributed by atoms with E-state index in [0.29, 0.717) is 11.3 Å². The Kier molecular flexibility index (Phi) is 4.86. The fourth-order valence-electron chi connectivity index (χ4n) is 2.50. The third-order valence-electron chi connectivity index (χ3n) is 3.73. The van der Waals surface area contributed by atoms with Crippen molar-refractivity contribution in [3.05, 3.63) is 65.7 Å². The number of carboxylic acids is 1. The molecular formula is C18H13N3O5S. The summed E-state index contributed by atoms with van der Waals surface area (Å²) < 4.78 is 30.5. The summed E-state index contributed by atoms with van der Waals surface area (Å²) in [5, 5.41) is 18.4. The molecule has 0 aromatic heterocycles. The number of carbonyl (C=O) groups is 1. The van der Waals surface area contributed by atoms with Crippen molar-refractivity contribution >= 4 is 38.8 Å². The third-order valence-corrected chi connectivity index (χ3v) is 4.09. The Balaban J connectivity index is 2.03. The highest BCUT2D eigenvalue weighted by Gasteiger charge is 2.13. The van der Waals surface area contributed by atoms with Crippen LogP contribution in [0.5, 0.6) is 11.5 Å². The number of nitrogens with one attached hydrogen (secondary N) is 1. The molecule has 0 aliphatic rings. The summed E-state index contributed by atoms with van der Waals surface area (Å²) in [6, 6.07) is 14.0. The van der Waals surface area contributed by atoms with Crippen molar-refractivity contribution in [2.45, 2.75) is 0 Å². The van der Waals surface area contributed by atoms with Crippen LogP contribution in [0.25, 0.3) is 10.8 Å². The first-order valence-electron chi connectivity index (χ1n) is 7.58. The Morgan fingerprint density at radius 1 is 1.04 bits per heavy atom. The maximum absolute atomic E-state index is 11.4. The molecule has 0 saturated heterocycles. The average Bonchev–Trinajstić information content (AvgIpc) is 2.60. The van der Waals surface area contributed by atoms with Gasteiger partial charge >= 0.3 is 16.5 Å². The smallest absolute Gasteiger partial charge is 0.339 e. The van der Waals surface area contributed by atoms with Gasteiger partial charge in [-0.05, 0) is 41.1 Å². The van der Waals surface area contributed by atoms with Crippen LogP contribution in [0.2, 0.25) is 0 Å². The minimum atomic E-state index is -2.67. The number of hydrogen-bond donors (Lipinski definition) is 3. The average molecular weight is 383 g/mol. The van der Waals surface area contributed by atoms with Crippen molar-refractivity contribution in [3.8, 4) is 11.5 Å². The van der Waals surface area contributed by atoms with Crippen LogP contribution in [0.1, 0.15) is 15.9 Å². The maximum Gasteiger partial charge on any atom is 0.339 e. The number of nitrogens with two attached hydrogens (primary N) is 1. The fourth-order valence-corrected chi connectivity index (χ4v) is 2.78. The van der Waals surface area contributed by atoms with Crippen molar-refractivity contribution in [2.75, 3.05) is 0 Å². The molecule has 0 unspecified atom stereocenters. The summed E-state index contributed by atoms with van der Waals surface area (Å²) in [4.78, 5) is 11.4. The Labute approximate surface area is 155 Å². The van der Waals surface area contributed by atoms with Gasteiger partial charge in [0.25, 0.3) is 0 Å². The van der Waals surface area contributed by atoms with Crippen molar-refractivity contribution < 1.29 is 23.1 Å². The Bertz CT molecular complexity index is 1210. The van der Waals surface area contributed by atoms with Gasteiger partial charge in [0.15, 0.2) is 0 Å². The van der Waals surface area contributed by atoms with Crippen LogP contribution >= 0.6 is 0 Å². The van der Waals surface area contributed by atoms with Gasteiger partial charge < -0.3 is 15.6 Å². The second kappa shape index (κ2) is 7.26. The highest BCUT2D eigenvalue weighted by molar-refractivity contribution is 7.61. The molecule has 4 N–H and O–H groups in total. The number of fused-ring (bicyclic) bond motifs is 1. The predicted molar refractivity (Wildman–Crippen MR) is 99.4 cm³/mol. The van der Waals surface area contributed by atoms with E-state index in [1.165, 1.54) is 18.2 Å². The summed E-state index contributed by atoms with van der Waals surface area (Å²) in [7, 11) is -2.67. The summed E-state index contributed by atoms with van der Waals surface area (Å²) in [6.07, 6.45) is 0. The van der Waals surface area contributed by atoms with Crippen LogP contribution in [0.4, 0.5) is 5.69 Å². The molecule has 0 saturated carbocycles. The number of nitrogen functional groups attached to an aromatic ring is 1. The summed E-state index contributed by atoms with van der Waals surface area (Å²) >= 11 is 0. The molecule has 0 fully saturated rings. The number of rotatable bonds is 5. The lowest BCUT2D eigenvalue weighted by Gasteiger charge is -2.10. The van der Waals surface area contributed by atoms with Crippen LogP contribution in [-0.4, -0.2) is 25.3 Å². The van der Waals surface area contributed by atoms with Gasteiger partial charge in [0.05, 0.1) is 5.69 Å². The van der Waals surface area contributed by atoms with Gasteiger partial charge in [-0.2, -0.15) is 8.42 Å². The molecule has 0 heterocycles. The van der Waals surface area contributed by atoms with Crippen molar-refractivity contribution in [2.24, 2.45) is 10.1 Å². The molecule has 0 radical (unpaired) electrons. The van der Waals surface area contributed by atoms with Crippen LogP contribution in [0, 0.1) is 5.41 Å². The molecule has 136 valence electrons. The Morgan fingerprint density at radius 3 is 2.41 bits per heavy atom. The van der Waals surface area contributed by atoms with E-state index in [1.807, 2.05) is 0 Å². The summed E-state index contributed by atoms with van der Waals surface area (Å²) in [6.45, 7) is 0. The zero-order chi connectivity index (χ0) is 19.6. The first kappa shape index (κ1) is 18.1. The second-order valence-corrected chi connectivity index (χ2v) is 6.15. The number of benzene rings is 3. The largest absolute Gasteiger partial charge is 0.478 e. The molecule has 3 aromatic carbocycles. The van der Waals surface area contributed by atoms with Crippen LogP contribution in [-0.2, 0) is 10.5 Å². The molecule has 3 rings (SSSR count). The van der Waals surface area contributed by atoms with E-state index in [1.54, 1.807) is 36.4 Å². The van der Waals surface area contributed by atoms with E-state index < -0.39 is 16.5 Å². The number of ether oxygens (including phenoxy) is 1. The maximum atomic E-state index is 11.4. The Morgan fingerprint density at radius 2 is 1.74 bits per heavy atom. The molecule has 9 heteroatoms. The normalized spacial score (nSPS) is 10.4. The van der Waals surface area contributed by atoms with E-state index in [4.69, 9.17) is 15.9 Å². The van der Waals surface area contributed by atoms with Crippen LogP contribution in [0.15, 0.2) is 59.0 Å².